The number of anilines is 2. The van der Waals surface area contributed by atoms with Crippen LogP contribution >= 0.6 is 0 Å². The number of benzene rings is 6. The number of hydrogen-bond donors (Lipinski definition) is 3. The van der Waals surface area contributed by atoms with Crippen LogP contribution in [0.4, 0.5) is 46.5 Å². The number of imidazole rings is 2. The van der Waals surface area contributed by atoms with Gasteiger partial charge in [-0.05, 0) is 92.1 Å². The lowest BCUT2D eigenvalue weighted by atomic mass is 10.0. The molecule has 0 saturated carbocycles. The van der Waals surface area contributed by atoms with Crippen LogP contribution in [0.5, 0.6) is 23.0 Å². The minimum Gasteiger partial charge on any atom is -0.478 e. The van der Waals surface area contributed by atoms with Crippen LogP contribution in [0.2, 0.25) is 0 Å². The van der Waals surface area contributed by atoms with Gasteiger partial charge in [0.2, 0.25) is 0 Å². The van der Waals surface area contributed by atoms with Crippen molar-refractivity contribution in [1.82, 2.24) is 19.1 Å². The molecular weight excluding hydrogens is 929 g/mol. The van der Waals surface area contributed by atoms with Gasteiger partial charge in [-0.3, -0.25) is 13.9 Å². The zero-order valence-corrected chi connectivity index (χ0v) is 37.7. The summed E-state index contributed by atoms with van der Waals surface area (Å²) in [5.74, 6) is -0.939. The second-order valence-electron chi connectivity index (χ2n) is 16.1. The van der Waals surface area contributed by atoms with Gasteiger partial charge in [0, 0.05) is 72.8 Å². The van der Waals surface area contributed by atoms with E-state index in [0.29, 0.717) is 62.4 Å². The van der Waals surface area contributed by atoms with Crippen LogP contribution < -0.4 is 20.1 Å². The topological polar surface area (TPSA) is 133 Å². The molecule has 2 aromatic heterocycles. The Morgan fingerprint density at radius 1 is 0.600 bits per heavy atom. The van der Waals surface area contributed by atoms with E-state index in [-0.39, 0.29) is 41.7 Å². The summed E-state index contributed by atoms with van der Waals surface area (Å²) in [4.78, 5) is 32.5. The van der Waals surface area contributed by atoms with E-state index in [9.17, 15) is 49.8 Å². The number of nitrogens with one attached hydrogen (secondary N) is 2. The number of ketones is 1. The molecule has 8 rings (SSSR count). The van der Waals surface area contributed by atoms with Crippen LogP contribution in [0.25, 0.3) is 33.4 Å². The maximum Gasteiger partial charge on any atom is 0.390 e. The Hall–Kier alpha value is -7.96. The molecule has 70 heavy (non-hydrogen) atoms. The number of halogens is 8. The van der Waals surface area contributed by atoms with E-state index in [2.05, 4.69) is 20.6 Å². The Balaban J connectivity index is 0.000000207. The fourth-order valence-electron chi connectivity index (χ4n) is 7.50. The number of aryl methyl sites for hydroxylation is 2. The van der Waals surface area contributed by atoms with Crippen molar-refractivity contribution in [2.75, 3.05) is 23.7 Å². The number of alkyl halides is 6. The molecule has 8 aromatic rings. The number of carboxylic acids is 1. The van der Waals surface area contributed by atoms with Gasteiger partial charge in [0.25, 0.3) is 0 Å². The van der Waals surface area contributed by atoms with Crippen LogP contribution in [0.15, 0.2) is 122 Å². The second kappa shape index (κ2) is 21.1. The van der Waals surface area contributed by atoms with Crippen LogP contribution in [0.1, 0.15) is 64.4 Å². The smallest absolute Gasteiger partial charge is 0.390 e. The van der Waals surface area contributed by atoms with E-state index in [1.807, 2.05) is 19.9 Å². The van der Waals surface area contributed by atoms with Gasteiger partial charge >= 0.3 is 18.3 Å². The van der Waals surface area contributed by atoms with Gasteiger partial charge in [0.15, 0.2) is 5.78 Å². The Morgan fingerprint density at radius 3 is 1.43 bits per heavy atom. The first kappa shape index (κ1) is 49.9. The summed E-state index contributed by atoms with van der Waals surface area (Å²) in [6, 6.07) is 27.6. The minimum absolute atomic E-state index is 0.0685. The number of nitrogens with zero attached hydrogens (tertiary/aromatic N) is 4. The highest BCUT2D eigenvalue weighted by atomic mass is 19.4. The number of aromatic carboxylic acids is 1. The number of carbonyl (C=O) groups excluding carboxylic acids is 1. The van der Waals surface area contributed by atoms with E-state index in [4.69, 9.17) is 9.47 Å². The summed E-state index contributed by atoms with van der Waals surface area (Å²) in [5, 5.41) is 14.8. The van der Waals surface area contributed by atoms with Gasteiger partial charge in [-0.25, -0.2) is 23.5 Å². The lowest BCUT2D eigenvalue weighted by Gasteiger charge is -2.14. The summed E-state index contributed by atoms with van der Waals surface area (Å²) >= 11 is 0. The normalized spacial score (nSPS) is 11.6. The fraction of sp³-hybridized carbons (Fsp3) is 0.216. The SMILES string of the molecule is CCCC(=O)c1ccc(-n2cnc3c(NCCC(F)(F)F)cc(Oc4cccc(F)c4)cc32)cc1C.Cc1cc(-n2cnc3c(NCCC(F)(F)F)cc(Oc4cccc(F)c4)cc32)ccc1C(=O)O. The average molecular weight is 973 g/mol. The van der Waals surface area contributed by atoms with E-state index in [1.165, 1.54) is 54.9 Å². The number of carboxylic acid groups (broad SMARTS) is 1. The van der Waals surface area contributed by atoms with Crippen LogP contribution in [0, 0.1) is 25.5 Å². The maximum atomic E-state index is 13.7. The molecule has 0 fully saturated rings. The number of carbonyl (C=O) groups is 2. The van der Waals surface area contributed by atoms with E-state index in [1.54, 1.807) is 77.0 Å². The van der Waals surface area contributed by atoms with E-state index in [0.717, 1.165) is 17.7 Å². The lowest BCUT2D eigenvalue weighted by Crippen LogP contribution is -2.14. The Kier molecular flexibility index (Phi) is 15.1. The van der Waals surface area contributed by atoms with Gasteiger partial charge in [-0.15, -0.1) is 0 Å². The molecule has 0 atom stereocenters. The third kappa shape index (κ3) is 12.6. The molecular formula is C51H44F8N6O5. The van der Waals surface area contributed by atoms with Crippen molar-refractivity contribution >= 4 is 45.2 Å². The third-order valence-electron chi connectivity index (χ3n) is 10.7. The summed E-state index contributed by atoms with van der Waals surface area (Å²) in [7, 11) is 0. The molecule has 0 aliphatic rings. The summed E-state index contributed by atoms with van der Waals surface area (Å²) < 4.78 is 118. The Labute approximate surface area is 395 Å². The average Bonchev–Trinajstić information content (AvgIpc) is 3.91. The summed E-state index contributed by atoms with van der Waals surface area (Å²) in [6.45, 7) is 4.75. The predicted molar refractivity (Wildman–Crippen MR) is 249 cm³/mol. The first-order chi connectivity index (χ1) is 33.2. The number of fused-ring (bicyclic) bond motifs is 2. The van der Waals surface area contributed by atoms with Gasteiger partial charge in [-0.2, -0.15) is 26.3 Å². The largest absolute Gasteiger partial charge is 0.478 e. The third-order valence-corrected chi connectivity index (χ3v) is 10.7. The number of aromatic nitrogens is 4. The number of hydrogen-bond acceptors (Lipinski definition) is 8. The van der Waals surface area contributed by atoms with Crippen molar-refractivity contribution in [3.8, 4) is 34.4 Å². The monoisotopic (exact) mass is 972 g/mol. The number of Topliss-reactive ketones (excluding diaryl/α,β-unsaturated/α-hetero) is 1. The number of rotatable bonds is 16. The van der Waals surface area contributed by atoms with Crippen LogP contribution in [0.3, 0.4) is 0 Å². The van der Waals surface area contributed by atoms with Crippen molar-refractivity contribution < 1.29 is 59.3 Å². The van der Waals surface area contributed by atoms with Crippen LogP contribution in [-0.2, 0) is 0 Å². The lowest BCUT2D eigenvalue weighted by molar-refractivity contribution is -0.132. The quantitative estimate of drug-likeness (QED) is 0.0639. The van der Waals surface area contributed by atoms with Gasteiger partial charge < -0.3 is 25.2 Å². The molecule has 0 radical (unpaired) electrons. The van der Waals surface area contributed by atoms with Crippen molar-refractivity contribution in [3.63, 3.8) is 0 Å². The van der Waals surface area contributed by atoms with Gasteiger partial charge in [0.1, 0.15) is 58.3 Å². The highest BCUT2D eigenvalue weighted by Gasteiger charge is 2.28. The first-order valence-corrected chi connectivity index (χ1v) is 21.7. The van der Waals surface area contributed by atoms with E-state index >= 15 is 0 Å². The molecule has 0 saturated heterocycles. The molecule has 19 heteroatoms. The molecule has 0 unspecified atom stereocenters. The number of ether oxygens (including phenoxy) is 2. The second-order valence-corrected chi connectivity index (χ2v) is 16.1. The highest BCUT2D eigenvalue weighted by molar-refractivity contribution is 5.98. The minimum atomic E-state index is -4.33. The van der Waals surface area contributed by atoms with Crippen molar-refractivity contribution in [2.24, 2.45) is 0 Å². The molecule has 364 valence electrons. The summed E-state index contributed by atoms with van der Waals surface area (Å²) in [5.41, 5.74) is 6.07. The molecule has 0 aliphatic carbocycles. The molecule has 11 nitrogen and oxygen atoms in total. The summed E-state index contributed by atoms with van der Waals surface area (Å²) in [6.07, 6.45) is -6.43. The van der Waals surface area contributed by atoms with Gasteiger partial charge in [0.05, 0.1) is 40.8 Å². The molecule has 0 aliphatic heterocycles. The Bertz CT molecular complexity index is 3180. The first-order valence-electron chi connectivity index (χ1n) is 21.7. The van der Waals surface area contributed by atoms with Gasteiger partial charge in [-0.1, -0.05) is 19.1 Å². The predicted octanol–water partition coefficient (Wildman–Crippen LogP) is 13.9. The highest BCUT2D eigenvalue weighted by Crippen LogP contribution is 2.36. The standard InChI is InChI=1S/C27H25F4N3O2.C24H19F4N3O3/c1-3-5-25(35)22-9-8-19(12-17(22)2)34-16-33-26-23(32-11-10-27(29,30)31)14-21(15-24(26)34)36-20-7-4-6-18(28)13-20;1-14-9-16(5-6-19(14)23(32)33)31-13-30-22-20(29-8-7-24(26,27)28)11-18(12-21(22)31)34-17-4-2-3-15(25)10-17/h4,6-9,12-16,32H,3,5,10-11H2,1-2H3;2-6,9-13,29H,7-8H2,1H3,(H,32,33). The van der Waals surface area contributed by atoms with Crippen molar-refractivity contribution in [2.45, 2.75) is 58.8 Å². The molecule has 0 bridgehead atoms. The zero-order valence-electron chi connectivity index (χ0n) is 37.7. The molecule has 2 heterocycles. The van der Waals surface area contributed by atoms with Crippen LogP contribution in [-0.4, -0.2) is 61.4 Å². The molecule has 0 spiro atoms. The molecule has 6 aromatic carbocycles. The maximum absolute atomic E-state index is 13.7. The van der Waals surface area contributed by atoms with Crippen molar-refractivity contribution in [1.29, 1.82) is 0 Å². The molecule has 0 amide bonds. The van der Waals surface area contributed by atoms with E-state index < -0.39 is 42.8 Å². The van der Waals surface area contributed by atoms with Crippen molar-refractivity contribution in [3.05, 3.63) is 156 Å². The Morgan fingerprint density at radius 2 is 1.04 bits per heavy atom. The molecule has 3 N–H and O–H groups in total. The fourth-order valence-corrected chi connectivity index (χ4v) is 7.50. The zero-order chi connectivity index (χ0) is 50.3.